The second-order valence-corrected chi connectivity index (χ2v) is 12.2. The van der Waals surface area contributed by atoms with Gasteiger partial charge in [-0.3, -0.25) is 4.79 Å². The number of cyclic esters (lactones) is 1. The maximum absolute atomic E-state index is 13.2. The summed E-state index contributed by atoms with van der Waals surface area (Å²) >= 11 is 0. The van der Waals surface area contributed by atoms with Crippen LogP contribution in [0.2, 0.25) is 0 Å². The maximum Gasteiger partial charge on any atom is 0.334 e. The first kappa shape index (κ1) is 21.8. The van der Waals surface area contributed by atoms with Gasteiger partial charge in [-0.2, -0.15) is 0 Å². The van der Waals surface area contributed by atoms with Crippen molar-refractivity contribution < 1.29 is 24.2 Å². The van der Waals surface area contributed by atoms with Crippen LogP contribution in [-0.4, -0.2) is 39.8 Å². The molecule has 4 aliphatic carbocycles. The highest BCUT2D eigenvalue weighted by Crippen LogP contribution is 2.77. The lowest BCUT2D eigenvalue weighted by Gasteiger charge is -2.59. The number of carbonyl (C=O) groups is 2. The van der Waals surface area contributed by atoms with Gasteiger partial charge in [-0.1, -0.05) is 30.2 Å². The van der Waals surface area contributed by atoms with Crippen LogP contribution in [0.4, 0.5) is 0 Å². The van der Waals surface area contributed by atoms with Gasteiger partial charge in [0.25, 0.3) is 0 Å². The van der Waals surface area contributed by atoms with Crippen LogP contribution in [0, 0.1) is 22.7 Å². The largest absolute Gasteiger partial charge is 0.455 e. The summed E-state index contributed by atoms with van der Waals surface area (Å²) in [5.74, 6) is 0.265. The molecule has 0 amide bonds. The first-order valence-corrected chi connectivity index (χ1v) is 12.6. The normalized spacial score (nSPS) is 52.8. The summed E-state index contributed by atoms with van der Waals surface area (Å²) in [6.07, 6.45) is 11.0. The van der Waals surface area contributed by atoms with E-state index < -0.39 is 33.7 Å². The first-order valence-electron chi connectivity index (χ1n) is 12.6. The Balaban J connectivity index is 1.45. The van der Waals surface area contributed by atoms with Gasteiger partial charge in [-0.25, -0.2) is 4.79 Å². The summed E-state index contributed by atoms with van der Waals surface area (Å²) in [7, 11) is 0. The molecular formula is C28H36O5. The van der Waals surface area contributed by atoms with Crippen molar-refractivity contribution in [1.29, 1.82) is 0 Å². The molecule has 178 valence electrons. The number of hydrogen-bond donors (Lipinski definition) is 1. The molecule has 1 saturated heterocycles. The minimum atomic E-state index is -1.08. The van der Waals surface area contributed by atoms with E-state index in [0.717, 1.165) is 37.7 Å². The summed E-state index contributed by atoms with van der Waals surface area (Å²) < 4.78 is 13.1. The highest BCUT2D eigenvalue weighted by atomic mass is 16.6. The van der Waals surface area contributed by atoms with Crippen LogP contribution in [0.3, 0.4) is 0 Å². The molecule has 6 rings (SSSR count). The van der Waals surface area contributed by atoms with Gasteiger partial charge in [0.2, 0.25) is 0 Å². The van der Waals surface area contributed by atoms with Crippen molar-refractivity contribution in [3.63, 3.8) is 0 Å². The summed E-state index contributed by atoms with van der Waals surface area (Å²) in [5, 5.41) is 12.4. The topological polar surface area (TPSA) is 72.8 Å². The van der Waals surface area contributed by atoms with Crippen molar-refractivity contribution in [2.45, 2.75) is 102 Å². The standard InChI is InChI=1S/C28H36O5/c1-16-15-22(32-23(30)17(16)2)26(5)28(31)14-13-27(33-26)20-10-9-18-7-6-8-21(29)25(18,4)19(20)11-12-24(27,28)3/h6,8-9,19-20,22,31H,7,10-15H2,1-5H3/t19-,20+,22+,24-,25-,26-,27+,28-/m0/s1. The Bertz CT molecular complexity index is 1070. The molecule has 0 aromatic carbocycles. The van der Waals surface area contributed by atoms with Crippen molar-refractivity contribution >= 4 is 11.8 Å². The molecule has 2 aliphatic heterocycles. The van der Waals surface area contributed by atoms with E-state index in [2.05, 4.69) is 19.9 Å². The van der Waals surface area contributed by atoms with Crippen LogP contribution in [-0.2, 0) is 19.1 Å². The number of ketones is 1. The number of rotatable bonds is 1. The predicted octanol–water partition coefficient (Wildman–Crippen LogP) is 4.59. The van der Waals surface area contributed by atoms with Gasteiger partial charge in [-0.15, -0.1) is 0 Å². The van der Waals surface area contributed by atoms with E-state index in [1.54, 1.807) is 13.0 Å². The molecule has 1 N–H and O–H groups in total. The van der Waals surface area contributed by atoms with Crippen LogP contribution in [0.25, 0.3) is 0 Å². The Kier molecular flexibility index (Phi) is 4.15. The highest BCUT2D eigenvalue weighted by Gasteiger charge is 2.84. The Labute approximate surface area is 196 Å². The molecule has 0 radical (unpaired) electrons. The lowest BCUT2D eigenvalue weighted by molar-refractivity contribution is -0.247. The van der Waals surface area contributed by atoms with Crippen molar-refractivity contribution in [3.05, 3.63) is 34.9 Å². The Morgan fingerprint density at radius 1 is 1.06 bits per heavy atom. The van der Waals surface area contributed by atoms with E-state index in [1.807, 2.05) is 19.9 Å². The fourth-order valence-electron chi connectivity index (χ4n) is 9.12. The molecule has 0 unspecified atom stereocenters. The number of fused-ring (bicyclic) bond motifs is 3. The monoisotopic (exact) mass is 452 g/mol. The van der Waals surface area contributed by atoms with E-state index >= 15 is 0 Å². The summed E-state index contributed by atoms with van der Waals surface area (Å²) in [6, 6.07) is 0. The van der Waals surface area contributed by atoms with E-state index in [9.17, 15) is 14.7 Å². The highest BCUT2D eigenvalue weighted by molar-refractivity contribution is 5.98. The van der Waals surface area contributed by atoms with Crippen LogP contribution in [0.15, 0.2) is 34.9 Å². The fourth-order valence-corrected chi connectivity index (χ4v) is 9.12. The third-order valence-electron chi connectivity index (χ3n) is 11.4. The molecule has 2 heterocycles. The van der Waals surface area contributed by atoms with Gasteiger partial charge in [0.1, 0.15) is 17.3 Å². The molecule has 0 aromatic rings. The Morgan fingerprint density at radius 2 is 1.82 bits per heavy atom. The molecule has 0 spiro atoms. The maximum atomic E-state index is 13.2. The average Bonchev–Trinajstić information content (AvgIpc) is 3.10. The molecule has 3 fully saturated rings. The van der Waals surface area contributed by atoms with Gasteiger partial charge in [0.15, 0.2) is 5.78 Å². The Morgan fingerprint density at radius 3 is 2.55 bits per heavy atom. The van der Waals surface area contributed by atoms with Crippen molar-refractivity contribution in [3.8, 4) is 0 Å². The van der Waals surface area contributed by atoms with Crippen LogP contribution >= 0.6 is 0 Å². The number of hydrogen-bond acceptors (Lipinski definition) is 5. The van der Waals surface area contributed by atoms with E-state index in [-0.39, 0.29) is 23.6 Å². The second-order valence-electron chi connectivity index (χ2n) is 12.2. The van der Waals surface area contributed by atoms with Crippen LogP contribution < -0.4 is 0 Å². The summed E-state index contributed by atoms with van der Waals surface area (Å²) in [4.78, 5) is 25.9. The predicted molar refractivity (Wildman–Crippen MR) is 123 cm³/mol. The number of aliphatic hydroxyl groups is 1. The minimum Gasteiger partial charge on any atom is -0.455 e. The number of carbonyl (C=O) groups excluding carboxylic acids is 2. The molecule has 0 aromatic heterocycles. The molecule has 6 aliphatic rings. The van der Waals surface area contributed by atoms with Crippen molar-refractivity contribution in [2.75, 3.05) is 0 Å². The van der Waals surface area contributed by atoms with E-state index in [4.69, 9.17) is 9.47 Å². The molecule has 2 saturated carbocycles. The Hall–Kier alpha value is -1.72. The quantitative estimate of drug-likeness (QED) is 0.465. The van der Waals surface area contributed by atoms with Crippen LogP contribution in [0.1, 0.15) is 79.6 Å². The summed E-state index contributed by atoms with van der Waals surface area (Å²) in [6.45, 7) is 10.1. The average molecular weight is 453 g/mol. The fraction of sp³-hybridized carbons (Fsp3) is 0.714. The van der Waals surface area contributed by atoms with Gasteiger partial charge < -0.3 is 14.6 Å². The molecule has 2 bridgehead atoms. The van der Waals surface area contributed by atoms with Gasteiger partial charge in [0, 0.05) is 17.4 Å². The number of allylic oxidation sites excluding steroid dienone is 4. The first-order chi connectivity index (χ1) is 15.4. The number of ether oxygens (including phenoxy) is 2. The molecule has 33 heavy (non-hydrogen) atoms. The molecule has 5 heteroatoms. The third-order valence-corrected chi connectivity index (χ3v) is 11.4. The lowest BCUT2D eigenvalue weighted by Crippen LogP contribution is -2.63. The SMILES string of the molecule is CC1=C(C)C(=O)O[C@@H]([C@]2(C)O[C@@]34CC[C@]2(O)[C@@]3(C)CC[C@H]2[C@H]4CC=C3CC=CC(=O)[C@@]32C)C1. The second kappa shape index (κ2) is 6.28. The molecule has 8 atom stereocenters. The smallest absolute Gasteiger partial charge is 0.334 e. The van der Waals surface area contributed by atoms with Crippen LogP contribution in [0.5, 0.6) is 0 Å². The zero-order valence-corrected chi connectivity index (χ0v) is 20.5. The zero-order chi connectivity index (χ0) is 23.6. The molecular weight excluding hydrogens is 416 g/mol. The summed E-state index contributed by atoms with van der Waals surface area (Å²) in [5.41, 5.74) is -0.588. The van der Waals surface area contributed by atoms with Gasteiger partial charge in [0.05, 0.1) is 11.0 Å². The van der Waals surface area contributed by atoms with Crippen molar-refractivity contribution in [2.24, 2.45) is 22.7 Å². The van der Waals surface area contributed by atoms with E-state index in [1.165, 1.54) is 5.57 Å². The zero-order valence-electron chi connectivity index (χ0n) is 20.5. The van der Waals surface area contributed by atoms with Gasteiger partial charge in [-0.05, 0) is 84.1 Å². The lowest BCUT2D eigenvalue weighted by atomic mass is 9.46. The molecule has 5 nitrogen and oxygen atoms in total. The minimum absolute atomic E-state index is 0.161. The van der Waals surface area contributed by atoms with Gasteiger partial charge >= 0.3 is 5.97 Å². The van der Waals surface area contributed by atoms with E-state index in [0.29, 0.717) is 18.4 Å². The third kappa shape index (κ3) is 2.18. The van der Waals surface area contributed by atoms with Crippen molar-refractivity contribution in [1.82, 2.24) is 0 Å². The number of esters is 1.